The Balaban J connectivity index is 5.48. The normalized spacial score (nSPS) is 14.8. The van der Waals surface area contributed by atoms with Crippen LogP contribution in [0.5, 0.6) is 0 Å². The number of nitrogens with two attached hydrogens (primary N) is 2. The first-order valence-electron chi connectivity index (χ1n) is 10.9. The van der Waals surface area contributed by atoms with Crippen LogP contribution in [-0.2, 0) is 24.0 Å². The second kappa shape index (κ2) is 15.5. The third-order valence-electron chi connectivity index (χ3n) is 4.67. The summed E-state index contributed by atoms with van der Waals surface area (Å²) in [7, 11) is 0. The molecule has 0 spiro atoms. The van der Waals surface area contributed by atoms with Crippen LogP contribution in [0.1, 0.15) is 53.4 Å². The molecular weight excluding hydrogens is 450 g/mol. The summed E-state index contributed by atoms with van der Waals surface area (Å²) in [4.78, 5) is 61.0. The number of carboxylic acid groups (broad SMARTS) is 1. The molecule has 0 bridgehead atoms. The predicted molar refractivity (Wildman–Crippen MR) is 127 cm³/mol. The van der Waals surface area contributed by atoms with Crippen LogP contribution in [0.25, 0.3) is 0 Å². The molecule has 190 valence electrons. The molecule has 0 heterocycles. The van der Waals surface area contributed by atoms with Gasteiger partial charge in [-0.1, -0.05) is 27.7 Å². The number of nitrogens with one attached hydrogen (secondary N) is 3. The first-order valence-corrected chi connectivity index (χ1v) is 12.3. The van der Waals surface area contributed by atoms with Crippen molar-refractivity contribution in [1.82, 2.24) is 16.0 Å². The van der Waals surface area contributed by atoms with Crippen LogP contribution >= 0.6 is 11.8 Å². The molecule has 0 rings (SSSR count). The summed E-state index contributed by atoms with van der Waals surface area (Å²) in [6, 6.07) is -4.37. The lowest BCUT2D eigenvalue weighted by atomic mass is 10.0. The van der Waals surface area contributed by atoms with E-state index < -0.39 is 60.2 Å². The van der Waals surface area contributed by atoms with Gasteiger partial charge in [0.1, 0.15) is 18.1 Å². The van der Waals surface area contributed by atoms with Crippen LogP contribution in [0, 0.1) is 11.8 Å². The molecule has 0 saturated carbocycles. The van der Waals surface area contributed by atoms with Gasteiger partial charge in [-0.05, 0) is 43.1 Å². The highest BCUT2D eigenvalue weighted by Gasteiger charge is 2.31. The van der Waals surface area contributed by atoms with Gasteiger partial charge in [-0.15, -0.1) is 0 Å². The Morgan fingerprint density at radius 3 is 1.73 bits per heavy atom. The number of carboxylic acids is 1. The highest BCUT2D eigenvalue weighted by Crippen LogP contribution is 2.09. The topological polar surface area (TPSA) is 194 Å². The van der Waals surface area contributed by atoms with Crippen LogP contribution in [0.3, 0.4) is 0 Å². The van der Waals surface area contributed by atoms with E-state index in [0.29, 0.717) is 12.2 Å². The van der Waals surface area contributed by atoms with Crippen molar-refractivity contribution in [1.29, 1.82) is 0 Å². The van der Waals surface area contributed by atoms with Gasteiger partial charge in [0.25, 0.3) is 0 Å². The minimum Gasteiger partial charge on any atom is -0.480 e. The molecule has 0 aliphatic rings. The molecule has 12 heteroatoms. The number of rotatable bonds is 16. The second-order valence-corrected chi connectivity index (χ2v) is 9.82. The maximum Gasteiger partial charge on any atom is 0.326 e. The molecule has 4 amide bonds. The van der Waals surface area contributed by atoms with Crippen molar-refractivity contribution in [2.24, 2.45) is 23.3 Å². The number of hydrogen-bond acceptors (Lipinski definition) is 7. The van der Waals surface area contributed by atoms with E-state index in [4.69, 9.17) is 11.5 Å². The molecule has 0 radical (unpaired) electrons. The Morgan fingerprint density at radius 2 is 1.27 bits per heavy atom. The van der Waals surface area contributed by atoms with E-state index in [9.17, 15) is 29.1 Å². The van der Waals surface area contributed by atoms with Crippen molar-refractivity contribution in [2.45, 2.75) is 77.5 Å². The molecular formula is C21H39N5O6S. The van der Waals surface area contributed by atoms with Crippen LogP contribution in [-0.4, -0.2) is 70.9 Å². The van der Waals surface area contributed by atoms with E-state index in [0.717, 1.165) is 0 Å². The molecule has 4 unspecified atom stereocenters. The standard InChI is InChI=1S/C21H39N5O6S/c1-11(2)8-14(24-18(28)13(22)6-7-33-5)19(29)25-15(10-17(23)27)20(30)26-16(21(31)32)9-12(3)4/h11-16H,6-10,22H2,1-5H3,(H2,23,27)(H,24,28)(H,25,29)(H,26,30)(H,31,32). The summed E-state index contributed by atoms with van der Waals surface area (Å²) in [5.74, 6) is -3.43. The highest BCUT2D eigenvalue weighted by molar-refractivity contribution is 7.98. The van der Waals surface area contributed by atoms with Gasteiger partial charge in [0.15, 0.2) is 0 Å². The molecule has 0 fully saturated rings. The van der Waals surface area contributed by atoms with Gasteiger partial charge < -0.3 is 32.5 Å². The number of amides is 4. The molecule has 0 aliphatic heterocycles. The second-order valence-electron chi connectivity index (χ2n) is 8.84. The van der Waals surface area contributed by atoms with E-state index >= 15 is 0 Å². The van der Waals surface area contributed by atoms with Gasteiger partial charge in [0, 0.05) is 0 Å². The zero-order chi connectivity index (χ0) is 25.7. The summed E-state index contributed by atoms with van der Waals surface area (Å²) in [5, 5.41) is 16.8. The lowest BCUT2D eigenvalue weighted by Crippen LogP contribution is -2.58. The summed E-state index contributed by atoms with van der Waals surface area (Å²) in [5.41, 5.74) is 11.1. The number of carbonyl (C=O) groups excluding carboxylic acids is 4. The fourth-order valence-corrected chi connectivity index (χ4v) is 3.50. The molecule has 0 aliphatic carbocycles. The van der Waals surface area contributed by atoms with E-state index in [1.165, 1.54) is 0 Å². The maximum absolute atomic E-state index is 12.9. The van der Waals surface area contributed by atoms with Crippen LogP contribution < -0.4 is 27.4 Å². The van der Waals surface area contributed by atoms with Crippen LogP contribution in [0.2, 0.25) is 0 Å². The van der Waals surface area contributed by atoms with Crippen molar-refractivity contribution >= 4 is 41.4 Å². The molecule has 0 aromatic rings. The number of primary amides is 1. The average molecular weight is 490 g/mol. The average Bonchev–Trinajstić information content (AvgIpc) is 2.68. The zero-order valence-corrected chi connectivity index (χ0v) is 20.9. The van der Waals surface area contributed by atoms with Crippen molar-refractivity contribution in [3.05, 3.63) is 0 Å². The Labute approximate surface area is 199 Å². The van der Waals surface area contributed by atoms with Crippen LogP contribution in [0.15, 0.2) is 0 Å². The quantitative estimate of drug-likeness (QED) is 0.168. The summed E-state index contributed by atoms with van der Waals surface area (Å²) in [6.45, 7) is 7.32. The van der Waals surface area contributed by atoms with E-state index in [1.54, 1.807) is 25.6 Å². The largest absolute Gasteiger partial charge is 0.480 e. The number of hydrogen-bond donors (Lipinski definition) is 6. The Hall–Kier alpha value is -2.34. The van der Waals surface area contributed by atoms with Crippen LogP contribution in [0.4, 0.5) is 0 Å². The smallest absolute Gasteiger partial charge is 0.326 e. The number of aliphatic carboxylic acids is 1. The molecule has 4 atom stereocenters. The van der Waals surface area contributed by atoms with Crippen molar-refractivity contribution < 1.29 is 29.1 Å². The van der Waals surface area contributed by atoms with E-state index in [2.05, 4.69) is 16.0 Å². The van der Waals surface area contributed by atoms with Gasteiger partial charge in [0.2, 0.25) is 23.6 Å². The number of carbonyl (C=O) groups is 5. The first kappa shape index (κ1) is 30.7. The fraction of sp³-hybridized carbons (Fsp3) is 0.762. The minimum absolute atomic E-state index is 0.0171. The minimum atomic E-state index is -1.39. The van der Waals surface area contributed by atoms with Gasteiger partial charge >= 0.3 is 5.97 Å². The van der Waals surface area contributed by atoms with Crippen molar-refractivity contribution in [3.8, 4) is 0 Å². The van der Waals surface area contributed by atoms with E-state index in [1.807, 2.05) is 20.1 Å². The molecule has 0 aromatic carbocycles. The maximum atomic E-state index is 12.9. The molecule has 0 aromatic heterocycles. The predicted octanol–water partition coefficient (Wildman–Crippen LogP) is -0.427. The third kappa shape index (κ3) is 13.1. The van der Waals surface area contributed by atoms with Crippen molar-refractivity contribution in [3.63, 3.8) is 0 Å². The monoisotopic (exact) mass is 489 g/mol. The van der Waals surface area contributed by atoms with E-state index in [-0.39, 0.29) is 24.7 Å². The summed E-state index contributed by atoms with van der Waals surface area (Å²) < 4.78 is 0. The van der Waals surface area contributed by atoms with Gasteiger partial charge in [-0.25, -0.2) is 4.79 Å². The SMILES string of the molecule is CSCCC(N)C(=O)NC(CC(C)C)C(=O)NC(CC(N)=O)C(=O)NC(CC(C)C)C(=O)O. The Bertz CT molecular complexity index is 688. The zero-order valence-electron chi connectivity index (χ0n) is 20.1. The lowest BCUT2D eigenvalue weighted by molar-refractivity contribution is -0.143. The third-order valence-corrected chi connectivity index (χ3v) is 5.31. The fourth-order valence-electron chi connectivity index (χ4n) is 3.01. The summed E-state index contributed by atoms with van der Waals surface area (Å²) >= 11 is 1.54. The molecule has 33 heavy (non-hydrogen) atoms. The number of thioether (sulfide) groups is 1. The van der Waals surface area contributed by atoms with Crippen molar-refractivity contribution in [2.75, 3.05) is 12.0 Å². The highest BCUT2D eigenvalue weighted by atomic mass is 32.2. The molecule has 8 N–H and O–H groups in total. The summed E-state index contributed by atoms with van der Waals surface area (Å²) in [6.07, 6.45) is 2.23. The Kier molecular flexibility index (Phi) is 14.4. The lowest BCUT2D eigenvalue weighted by Gasteiger charge is -2.26. The van der Waals surface area contributed by atoms with Gasteiger partial charge in [0.05, 0.1) is 12.5 Å². The Morgan fingerprint density at radius 1 is 0.818 bits per heavy atom. The van der Waals surface area contributed by atoms with Gasteiger partial charge in [-0.3, -0.25) is 19.2 Å². The molecule has 11 nitrogen and oxygen atoms in total. The first-order chi connectivity index (χ1) is 15.3. The molecule has 0 saturated heterocycles. The van der Waals surface area contributed by atoms with Gasteiger partial charge in [-0.2, -0.15) is 11.8 Å².